The number of fused-ring (bicyclic) bond motifs is 1. The zero-order chi connectivity index (χ0) is 17.4. The molecule has 0 aliphatic carbocycles. The molecule has 0 atom stereocenters. The van der Waals surface area contributed by atoms with E-state index in [1.165, 1.54) is 12.1 Å². The van der Waals surface area contributed by atoms with E-state index in [1.807, 2.05) is 16.7 Å². The van der Waals surface area contributed by atoms with E-state index >= 15 is 0 Å². The van der Waals surface area contributed by atoms with Gasteiger partial charge in [-0.25, -0.2) is 9.37 Å². The molecule has 1 saturated heterocycles. The molecule has 7 heteroatoms. The summed E-state index contributed by atoms with van der Waals surface area (Å²) in [5, 5.41) is 8.60. The Morgan fingerprint density at radius 1 is 1.08 bits per heavy atom. The molecule has 0 spiro atoms. The average Bonchev–Trinajstić information content (AvgIpc) is 3.06. The fourth-order valence-electron chi connectivity index (χ4n) is 3.31. The van der Waals surface area contributed by atoms with E-state index in [0.717, 1.165) is 32.0 Å². The fraction of sp³-hybridized carbons (Fsp3) is 0.389. The zero-order valence-electron chi connectivity index (χ0n) is 14.4. The Kier molecular flexibility index (Phi) is 4.09. The molecule has 0 unspecified atom stereocenters. The van der Waals surface area contributed by atoms with Crippen molar-refractivity contribution in [2.45, 2.75) is 19.9 Å². The molecule has 0 saturated carbocycles. The number of hydrogen-bond acceptors (Lipinski definition) is 5. The van der Waals surface area contributed by atoms with E-state index in [0.29, 0.717) is 23.1 Å². The first-order valence-corrected chi connectivity index (χ1v) is 8.58. The Bertz CT molecular complexity index is 882. The molecule has 1 aromatic carbocycles. The van der Waals surface area contributed by atoms with Crippen LogP contribution in [0.15, 0.2) is 36.7 Å². The minimum Gasteiger partial charge on any atom is -0.351 e. The summed E-state index contributed by atoms with van der Waals surface area (Å²) in [4.78, 5) is 9.24. The van der Waals surface area contributed by atoms with Gasteiger partial charge >= 0.3 is 0 Å². The van der Waals surface area contributed by atoms with Crippen LogP contribution in [-0.2, 0) is 0 Å². The van der Waals surface area contributed by atoms with Crippen LogP contribution >= 0.6 is 0 Å². The average molecular weight is 340 g/mol. The monoisotopic (exact) mass is 340 g/mol. The number of rotatable bonds is 3. The van der Waals surface area contributed by atoms with Gasteiger partial charge in [-0.05, 0) is 26.0 Å². The molecule has 0 radical (unpaired) electrons. The number of nitrogens with zero attached hydrogens (tertiary/aromatic N) is 6. The van der Waals surface area contributed by atoms with Crippen LogP contribution in [0.5, 0.6) is 0 Å². The van der Waals surface area contributed by atoms with Crippen LogP contribution < -0.4 is 4.90 Å². The summed E-state index contributed by atoms with van der Waals surface area (Å²) < 4.78 is 15.4. The Hall–Kier alpha value is -2.54. The van der Waals surface area contributed by atoms with E-state index in [4.69, 9.17) is 0 Å². The summed E-state index contributed by atoms with van der Waals surface area (Å²) in [7, 11) is 0. The van der Waals surface area contributed by atoms with E-state index < -0.39 is 0 Å². The van der Waals surface area contributed by atoms with Gasteiger partial charge in [0.1, 0.15) is 5.82 Å². The third-order valence-corrected chi connectivity index (χ3v) is 4.74. The van der Waals surface area contributed by atoms with E-state index in [-0.39, 0.29) is 5.82 Å². The third-order valence-electron chi connectivity index (χ3n) is 4.74. The predicted octanol–water partition coefficient (Wildman–Crippen LogP) is 2.46. The van der Waals surface area contributed by atoms with E-state index in [1.54, 1.807) is 12.3 Å². The van der Waals surface area contributed by atoms with Gasteiger partial charge in [-0.1, -0.05) is 12.1 Å². The van der Waals surface area contributed by atoms with Crippen molar-refractivity contribution in [3.8, 4) is 11.4 Å². The van der Waals surface area contributed by atoms with E-state index in [2.05, 4.69) is 38.8 Å². The highest BCUT2D eigenvalue weighted by molar-refractivity contribution is 5.68. The maximum Gasteiger partial charge on any atom is 0.204 e. The van der Waals surface area contributed by atoms with Crippen molar-refractivity contribution in [2.24, 2.45) is 0 Å². The minimum absolute atomic E-state index is 0.284. The molecule has 0 amide bonds. The number of hydrogen-bond donors (Lipinski definition) is 0. The molecule has 3 heterocycles. The van der Waals surface area contributed by atoms with Crippen molar-refractivity contribution in [3.05, 3.63) is 42.5 Å². The van der Waals surface area contributed by atoms with Crippen molar-refractivity contribution < 1.29 is 4.39 Å². The van der Waals surface area contributed by atoms with Crippen LogP contribution in [0.1, 0.15) is 13.8 Å². The second-order valence-electron chi connectivity index (χ2n) is 6.60. The molecule has 0 bridgehead atoms. The molecule has 130 valence electrons. The molecule has 1 aliphatic rings. The second-order valence-corrected chi connectivity index (χ2v) is 6.60. The van der Waals surface area contributed by atoms with Gasteiger partial charge in [0, 0.05) is 50.2 Å². The van der Waals surface area contributed by atoms with Gasteiger partial charge in [0.2, 0.25) is 5.65 Å². The summed E-state index contributed by atoms with van der Waals surface area (Å²) >= 11 is 0. The summed E-state index contributed by atoms with van der Waals surface area (Å²) in [6.45, 7) is 8.27. The van der Waals surface area contributed by atoms with Gasteiger partial charge < -0.3 is 4.90 Å². The van der Waals surface area contributed by atoms with Crippen LogP contribution in [0, 0.1) is 5.82 Å². The first kappa shape index (κ1) is 16.0. The molecule has 0 N–H and O–H groups in total. The van der Waals surface area contributed by atoms with Crippen molar-refractivity contribution in [3.63, 3.8) is 0 Å². The Morgan fingerprint density at radius 2 is 1.88 bits per heavy atom. The number of piperazine rings is 1. The number of halogens is 1. The van der Waals surface area contributed by atoms with Gasteiger partial charge in [0.25, 0.3) is 0 Å². The lowest BCUT2D eigenvalue weighted by Crippen LogP contribution is -2.49. The third kappa shape index (κ3) is 2.95. The van der Waals surface area contributed by atoms with Crippen molar-refractivity contribution in [1.82, 2.24) is 24.5 Å². The van der Waals surface area contributed by atoms with Crippen molar-refractivity contribution in [1.29, 1.82) is 0 Å². The summed E-state index contributed by atoms with van der Waals surface area (Å²) in [6.07, 6.45) is 3.58. The van der Waals surface area contributed by atoms with Gasteiger partial charge in [-0.2, -0.15) is 0 Å². The molecule has 2 aromatic heterocycles. The highest BCUT2D eigenvalue weighted by Gasteiger charge is 2.23. The van der Waals surface area contributed by atoms with Gasteiger partial charge in [-0.3, -0.25) is 9.30 Å². The standard InChI is InChI=1S/C18H21FN6/c1-13(2)23-8-10-24(11-9-23)17-18-22-21-16(25(18)7-6-20-17)14-4-3-5-15(19)12-14/h3-7,12-13H,8-11H2,1-2H3. The molecule has 3 aromatic rings. The second kappa shape index (κ2) is 6.40. The van der Waals surface area contributed by atoms with Crippen LogP contribution in [-0.4, -0.2) is 56.7 Å². The highest BCUT2D eigenvalue weighted by atomic mass is 19.1. The van der Waals surface area contributed by atoms with Gasteiger partial charge in [0.05, 0.1) is 0 Å². The Balaban J connectivity index is 1.68. The van der Waals surface area contributed by atoms with Crippen LogP contribution in [0.4, 0.5) is 10.2 Å². The molecule has 6 nitrogen and oxygen atoms in total. The normalized spacial score (nSPS) is 16.1. The maximum absolute atomic E-state index is 13.5. The highest BCUT2D eigenvalue weighted by Crippen LogP contribution is 2.24. The van der Waals surface area contributed by atoms with Crippen LogP contribution in [0.25, 0.3) is 17.0 Å². The predicted molar refractivity (Wildman–Crippen MR) is 95.1 cm³/mol. The topological polar surface area (TPSA) is 49.6 Å². The van der Waals surface area contributed by atoms with E-state index in [9.17, 15) is 4.39 Å². The molecule has 4 rings (SSSR count). The summed E-state index contributed by atoms with van der Waals surface area (Å²) in [5.41, 5.74) is 1.41. The van der Waals surface area contributed by atoms with Crippen molar-refractivity contribution >= 4 is 11.5 Å². The lowest BCUT2D eigenvalue weighted by atomic mass is 10.2. The number of anilines is 1. The van der Waals surface area contributed by atoms with Gasteiger partial charge in [0.15, 0.2) is 11.6 Å². The molecular formula is C18H21FN6. The number of aromatic nitrogens is 4. The molecule has 1 fully saturated rings. The maximum atomic E-state index is 13.5. The lowest BCUT2D eigenvalue weighted by molar-refractivity contribution is 0.209. The Morgan fingerprint density at radius 3 is 2.60 bits per heavy atom. The van der Waals surface area contributed by atoms with Crippen LogP contribution in [0.3, 0.4) is 0 Å². The smallest absolute Gasteiger partial charge is 0.204 e. The summed E-state index contributed by atoms with van der Waals surface area (Å²) in [5.74, 6) is 1.17. The zero-order valence-corrected chi connectivity index (χ0v) is 14.4. The first-order chi connectivity index (χ1) is 12.1. The van der Waals surface area contributed by atoms with Crippen LogP contribution in [0.2, 0.25) is 0 Å². The first-order valence-electron chi connectivity index (χ1n) is 8.58. The molecule has 1 aliphatic heterocycles. The lowest BCUT2D eigenvalue weighted by Gasteiger charge is -2.37. The molecule has 25 heavy (non-hydrogen) atoms. The Labute approximate surface area is 145 Å². The quantitative estimate of drug-likeness (QED) is 0.733. The fourth-order valence-corrected chi connectivity index (χ4v) is 3.31. The van der Waals surface area contributed by atoms with Crippen molar-refractivity contribution in [2.75, 3.05) is 31.1 Å². The SMILES string of the molecule is CC(C)N1CCN(c2nccn3c(-c4cccc(F)c4)nnc23)CC1. The minimum atomic E-state index is -0.284. The summed E-state index contributed by atoms with van der Waals surface area (Å²) in [6, 6.07) is 6.96. The molecular weight excluding hydrogens is 319 g/mol. The van der Waals surface area contributed by atoms with Gasteiger partial charge in [-0.15, -0.1) is 10.2 Å². The number of benzene rings is 1. The largest absolute Gasteiger partial charge is 0.351 e.